The van der Waals surface area contributed by atoms with Crippen LogP contribution in [-0.4, -0.2) is 32.4 Å². The van der Waals surface area contributed by atoms with Gasteiger partial charge in [-0.25, -0.2) is 9.78 Å². The van der Waals surface area contributed by atoms with E-state index in [0.717, 1.165) is 11.8 Å². The number of hydrogen-bond donors (Lipinski definition) is 2. The number of carboxylic acids is 2. The molecule has 1 rings (SSSR count). The van der Waals surface area contributed by atoms with Crippen molar-refractivity contribution in [3.05, 3.63) is 23.9 Å². The minimum absolute atomic E-state index is 0.0855. The highest BCUT2D eigenvalue weighted by Crippen LogP contribution is 2.20. The predicted octanol–water partition coefficient (Wildman–Crippen LogP) is 1.34. The van der Waals surface area contributed by atoms with Gasteiger partial charge in [0.1, 0.15) is 5.25 Å². The summed E-state index contributed by atoms with van der Waals surface area (Å²) in [6.45, 7) is 1.54. The maximum Gasteiger partial charge on any atom is 0.337 e. The van der Waals surface area contributed by atoms with E-state index in [4.69, 9.17) is 10.2 Å². The first-order chi connectivity index (χ1) is 7.00. The first-order valence-electron chi connectivity index (χ1n) is 4.09. The van der Waals surface area contributed by atoms with E-state index in [-0.39, 0.29) is 5.56 Å². The topological polar surface area (TPSA) is 87.5 Å². The predicted molar refractivity (Wildman–Crippen MR) is 54.2 cm³/mol. The second kappa shape index (κ2) is 4.79. The molecule has 15 heavy (non-hydrogen) atoms. The van der Waals surface area contributed by atoms with Crippen LogP contribution in [0.5, 0.6) is 0 Å². The number of carbonyl (C=O) groups is 2. The normalized spacial score (nSPS) is 12.1. The molecule has 0 fully saturated rings. The Balaban J connectivity index is 2.72. The highest BCUT2D eigenvalue weighted by atomic mass is 32.2. The molecule has 0 bridgehead atoms. The zero-order valence-electron chi connectivity index (χ0n) is 7.88. The Kier molecular flexibility index (Phi) is 3.68. The van der Waals surface area contributed by atoms with Gasteiger partial charge in [0.05, 0.1) is 10.6 Å². The molecule has 0 spiro atoms. The van der Waals surface area contributed by atoms with Crippen LogP contribution in [0.25, 0.3) is 0 Å². The van der Waals surface area contributed by atoms with Crippen LogP contribution in [0.1, 0.15) is 17.3 Å². The number of aromatic nitrogens is 1. The zero-order valence-corrected chi connectivity index (χ0v) is 8.69. The maximum absolute atomic E-state index is 10.5. The first-order valence-corrected chi connectivity index (χ1v) is 4.97. The standard InChI is InChI=1S/C9H9NO4S/c1-5(8(11)12)15-7-3-2-6(4-10-7)9(13)14/h2-5H,1H3,(H,11,12)(H,13,14). The van der Waals surface area contributed by atoms with E-state index >= 15 is 0 Å². The molecule has 80 valence electrons. The fourth-order valence-electron chi connectivity index (χ4n) is 0.808. The number of nitrogens with zero attached hydrogens (tertiary/aromatic N) is 1. The summed E-state index contributed by atoms with van der Waals surface area (Å²) >= 11 is 1.07. The van der Waals surface area contributed by atoms with Crippen LogP contribution in [0.4, 0.5) is 0 Å². The lowest BCUT2D eigenvalue weighted by atomic mass is 10.3. The Morgan fingerprint density at radius 2 is 2.07 bits per heavy atom. The Hall–Kier alpha value is -1.56. The average molecular weight is 227 g/mol. The smallest absolute Gasteiger partial charge is 0.337 e. The van der Waals surface area contributed by atoms with Gasteiger partial charge in [0.15, 0.2) is 0 Å². The monoisotopic (exact) mass is 227 g/mol. The zero-order chi connectivity index (χ0) is 11.4. The van der Waals surface area contributed by atoms with E-state index in [9.17, 15) is 9.59 Å². The second-order valence-corrected chi connectivity index (χ2v) is 4.15. The third-order valence-electron chi connectivity index (χ3n) is 1.63. The molecule has 0 aliphatic carbocycles. The summed E-state index contributed by atoms with van der Waals surface area (Å²) in [5.41, 5.74) is 0.0855. The highest BCUT2D eigenvalue weighted by molar-refractivity contribution is 8.00. The summed E-state index contributed by atoms with van der Waals surface area (Å²) in [5.74, 6) is -1.98. The van der Waals surface area contributed by atoms with Gasteiger partial charge in [0.25, 0.3) is 0 Å². The van der Waals surface area contributed by atoms with Crippen molar-refractivity contribution in [1.29, 1.82) is 0 Å². The Morgan fingerprint density at radius 3 is 2.47 bits per heavy atom. The van der Waals surface area contributed by atoms with E-state index in [0.29, 0.717) is 5.03 Å². The van der Waals surface area contributed by atoms with Gasteiger partial charge in [0, 0.05) is 6.20 Å². The highest BCUT2D eigenvalue weighted by Gasteiger charge is 2.13. The van der Waals surface area contributed by atoms with Crippen molar-refractivity contribution in [2.45, 2.75) is 17.2 Å². The van der Waals surface area contributed by atoms with Crippen molar-refractivity contribution in [3.63, 3.8) is 0 Å². The minimum atomic E-state index is -1.05. The van der Waals surface area contributed by atoms with Crippen LogP contribution < -0.4 is 0 Å². The molecule has 0 aromatic carbocycles. The van der Waals surface area contributed by atoms with Gasteiger partial charge in [0.2, 0.25) is 0 Å². The van der Waals surface area contributed by atoms with Crippen molar-refractivity contribution in [3.8, 4) is 0 Å². The molecule has 1 unspecified atom stereocenters. The van der Waals surface area contributed by atoms with Crippen molar-refractivity contribution in [1.82, 2.24) is 4.98 Å². The second-order valence-electron chi connectivity index (χ2n) is 2.79. The van der Waals surface area contributed by atoms with Crippen molar-refractivity contribution >= 4 is 23.7 Å². The van der Waals surface area contributed by atoms with Crippen LogP contribution in [0.3, 0.4) is 0 Å². The van der Waals surface area contributed by atoms with Crippen LogP contribution in [0.2, 0.25) is 0 Å². The Morgan fingerprint density at radius 1 is 1.40 bits per heavy atom. The van der Waals surface area contributed by atoms with Crippen molar-refractivity contribution in [2.24, 2.45) is 0 Å². The lowest BCUT2D eigenvalue weighted by Gasteiger charge is -2.04. The fraction of sp³-hybridized carbons (Fsp3) is 0.222. The molecule has 0 aliphatic rings. The maximum atomic E-state index is 10.5. The number of carboxylic acid groups (broad SMARTS) is 2. The van der Waals surface area contributed by atoms with Gasteiger partial charge in [-0.2, -0.15) is 0 Å². The number of rotatable bonds is 4. The number of aromatic carboxylic acids is 1. The van der Waals surface area contributed by atoms with E-state index < -0.39 is 17.2 Å². The number of pyridine rings is 1. The molecule has 0 amide bonds. The molecule has 2 N–H and O–H groups in total. The third kappa shape index (κ3) is 3.25. The van der Waals surface area contributed by atoms with Crippen LogP contribution >= 0.6 is 11.8 Å². The molecule has 0 aliphatic heterocycles. The SMILES string of the molecule is CC(Sc1ccc(C(=O)O)cn1)C(=O)O. The minimum Gasteiger partial charge on any atom is -0.480 e. The van der Waals surface area contributed by atoms with Gasteiger partial charge in [-0.05, 0) is 19.1 Å². The number of aliphatic carboxylic acids is 1. The van der Waals surface area contributed by atoms with Gasteiger partial charge in [-0.15, -0.1) is 0 Å². The molecule has 0 saturated heterocycles. The lowest BCUT2D eigenvalue weighted by Crippen LogP contribution is -2.11. The summed E-state index contributed by atoms with van der Waals surface area (Å²) < 4.78 is 0. The summed E-state index contributed by atoms with van der Waals surface area (Å²) in [4.78, 5) is 24.9. The Labute approximate surface area is 90.1 Å². The molecule has 1 heterocycles. The van der Waals surface area contributed by atoms with E-state index in [1.807, 2.05) is 0 Å². The number of thioether (sulfide) groups is 1. The van der Waals surface area contributed by atoms with Gasteiger partial charge in [-0.1, -0.05) is 11.8 Å². The summed E-state index contributed by atoms with van der Waals surface area (Å²) in [7, 11) is 0. The molecule has 1 aromatic rings. The van der Waals surface area contributed by atoms with E-state index in [1.54, 1.807) is 6.92 Å². The molecule has 0 saturated carbocycles. The van der Waals surface area contributed by atoms with Crippen LogP contribution in [0.15, 0.2) is 23.4 Å². The summed E-state index contributed by atoms with van der Waals surface area (Å²) in [5, 5.41) is 17.1. The van der Waals surface area contributed by atoms with Crippen LogP contribution in [-0.2, 0) is 4.79 Å². The quantitative estimate of drug-likeness (QED) is 0.755. The van der Waals surface area contributed by atoms with Gasteiger partial charge < -0.3 is 10.2 Å². The molecular weight excluding hydrogens is 218 g/mol. The van der Waals surface area contributed by atoms with Gasteiger partial charge in [-0.3, -0.25) is 4.79 Å². The summed E-state index contributed by atoms with van der Waals surface area (Å²) in [6.07, 6.45) is 1.21. The molecule has 1 aromatic heterocycles. The van der Waals surface area contributed by atoms with Crippen molar-refractivity contribution < 1.29 is 19.8 Å². The third-order valence-corrected chi connectivity index (χ3v) is 2.67. The fourth-order valence-corrected chi connectivity index (χ4v) is 1.53. The lowest BCUT2D eigenvalue weighted by molar-refractivity contribution is -0.136. The molecule has 0 radical (unpaired) electrons. The molecule has 1 atom stereocenters. The number of hydrogen-bond acceptors (Lipinski definition) is 4. The summed E-state index contributed by atoms with van der Waals surface area (Å²) in [6, 6.07) is 2.89. The Bertz CT molecular complexity index is 376. The van der Waals surface area contributed by atoms with E-state index in [1.165, 1.54) is 18.3 Å². The van der Waals surface area contributed by atoms with Gasteiger partial charge >= 0.3 is 11.9 Å². The largest absolute Gasteiger partial charge is 0.480 e. The van der Waals surface area contributed by atoms with E-state index in [2.05, 4.69) is 4.98 Å². The molecule has 5 nitrogen and oxygen atoms in total. The molecule has 6 heteroatoms. The average Bonchev–Trinajstić information content (AvgIpc) is 2.18. The molecular formula is C9H9NO4S. The van der Waals surface area contributed by atoms with Crippen molar-refractivity contribution in [2.75, 3.05) is 0 Å². The van der Waals surface area contributed by atoms with Crippen LogP contribution in [0, 0.1) is 0 Å². The first kappa shape index (κ1) is 11.5.